The average Bonchev–Trinajstić information content (AvgIpc) is 3.05. The minimum atomic E-state index is -4.32. The zero-order valence-electron chi connectivity index (χ0n) is 27.1. The van der Waals surface area contributed by atoms with Gasteiger partial charge in [-0.05, 0) is 68.3 Å². The van der Waals surface area contributed by atoms with Crippen molar-refractivity contribution in [2.45, 2.75) is 50.7 Å². The van der Waals surface area contributed by atoms with Gasteiger partial charge in [-0.3, -0.25) is 13.9 Å². The largest absolute Gasteiger partial charge is 0.497 e. The fourth-order valence-corrected chi connectivity index (χ4v) is 6.97. The topological polar surface area (TPSA) is 105 Å². The van der Waals surface area contributed by atoms with Crippen molar-refractivity contribution in [1.82, 2.24) is 10.2 Å². The number of halogens is 1. The van der Waals surface area contributed by atoms with E-state index < -0.39 is 28.5 Å². The van der Waals surface area contributed by atoms with E-state index in [0.717, 1.165) is 25.5 Å². The number of hydrogen-bond donors (Lipinski definition) is 1. The van der Waals surface area contributed by atoms with Gasteiger partial charge in [0.15, 0.2) is 0 Å². The molecule has 1 N–H and O–H groups in total. The Morgan fingerprint density at radius 1 is 0.851 bits per heavy atom. The highest BCUT2D eigenvalue weighted by atomic mass is 79.9. The van der Waals surface area contributed by atoms with Crippen molar-refractivity contribution in [2.75, 3.05) is 25.1 Å². The molecule has 4 aromatic rings. The van der Waals surface area contributed by atoms with Gasteiger partial charge in [-0.25, -0.2) is 8.42 Å². The molecule has 0 fully saturated rings. The van der Waals surface area contributed by atoms with Crippen molar-refractivity contribution in [3.8, 4) is 11.5 Å². The molecule has 0 unspecified atom stereocenters. The van der Waals surface area contributed by atoms with Crippen LogP contribution in [-0.2, 0) is 32.6 Å². The first kappa shape index (κ1) is 35.5. The summed E-state index contributed by atoms with van der Waals surface area (Å²) in [6.45, 7) is 4.99. The first-order valence-electron chi connectivity index (χ1n) is 15.1. The van der Waals surface area contributed by atoms with Crippen LogP contribution in [0.4, 0.5) is 5.69 Å². The van der Waals surface area contributed by atoms with Gasteiger partial charge in [-0.15, -0.1) is 0 Å². The van der Waals surface area contributed by atoms with Crippen LogP contribution in [0.1, 0.15) is 30.5 Å². The van der Waals surface area contributed by atoms with Crippen LogP contribution in [0.25, 0.3) is 0 Å². The number of hydrogen-bond acceptors (Lipinski definition) is 6. The highest BCUT2D eigenvalue weighted by Crippen LogP contribution is 2.36. The molecule has 47 heavy (non-hydrogen) atoms. The second-order valence-corrected chi connectivity index (χ2v) is 14.2. The molecule has 4 aromatic carbocycles. The molecule has 248 valence electrons. The number of nitrogens with one attached hydrogen (secondary N) is 1. The van der Waals surface area contributed by atoms with Crippen molar-refractivity contribution in [3.63, 3.8) is 0 Å². The van der Waals surface area contributed by atoms with Crippen LogP contribution in [0.5, 0.6) is 11.5 Å². The Hall–Kier alpha value is -4.35. The van der Waals surface area contributed by atoms with Crippen LogP contribution >= 0.6 is 15.9 Å². The Balaban J connectivity index is 1.87. The number of aryl methyl sites for hydroxylation is 1. The van der Waals surface area contributed by atoms with Crippen molar-refractivity contribution < 1.29 is 27.5 Å². The minimum absolute atomic E-state index is 0.00213. The maximum Gasteiger partial charge on any atom is 0.264 e. The summed E-state index contributed by atoms with van der Waals surface area (Å²) in [7, 11) is -1.42. The summed E-state index contributed by atoms with van der Waals surface area (Å²) in [5, 5.41) is 2.96. The molecule has 0 radical (unpaired) electrons. The third-order valence-electron chi connectivity index (χ3n) is 7.49. The summed E-state index contributed by atoms with van der Waals surface area (Å²) in [5.74, 6) is -0.322. The van der Waals surface area contributed by atoms with E-state index in [1.54, 1.807) is 24.3 Å². The van der Waals surface area contributed by atoms with E-state index in [1.807, 2.05) is 75.4 Å². The standard InChI is InChI=1S/C36H40BrN3O6S/c1-25(2)38-36(42)33(21-27-10-7-6-8-11-27)39(23-28-12-9-13-29(37)20-28)35(41)24-40(32-22-30(45-4)16-19-34(32)46-5)47(43,44)31-17-14-26(3)15-18-31/h6-20,22,25,33H,21,23-24H2,1-5H3,(H,38,42)/t33-/m1/s1. The van der Waals surface area contributed by atoms with Crippen LogP contribution in [0, 0.1) is 6.92 Å². The summed E-state index contributed by atoms with van der Waals surface area (Å²) in [5.41, 5.74) is 2.61. The number of benzene rings is 4. The van der Waals surface area contributed by atoms with Gasteiger partial charge in [0.05, 0.1) is 24.8 Å². The Kier molecular flexibility index (Phi) is 12.1. The molecule has 4 rings (SSSR count). The minimum Gasteiger partial charge on any atom is -0.497 e. The van der Waals surface area contributed by atoms with Crippen LogP contribution in [0.15, 0.2) is 106 Å². The molecule has 11 heteroatoms. The number of sulfonamides is 1. The summed E-state index contributed by atoms with van der Waals surface area (Å²) in [4.78, 5) is 30.0. The summed E-state index contributed by atoms with van der Waals surface area (Å²) in [6, 6.07) is 26.9. The third kappa shape index (κ3) is 9.14. The molecule has 0 aliphatic rings. The number of ether oxygens (including phenoxy) is 2. The highest BCUT2D eigenvalue weighted by molar-refractivity contribution is 9.10. The monoisotopic (exact) mass is 721 g/mol. The van der Waals surface area contributed by atoms with Crippen LogP contribution in [0.3, 0.4) is 0 Å². The van der Waals surface area contributed by atoms with Crippen LogP contribution in [-0.4, -0.2) is 58.0 Å². The fraction of sp³-hybridized carbons (Fsp3) is 0.278. The number of methoxy groups -OCH3 is 2. The van der Waals surface area contributed by atoms with Gasteiger partial charge in [0, 0.05) is 29.5 Å². The number of anilines is 1. The Morgan fingerprint density at radius 2 is 1.53 bits per heavy atom. The van der Waals surface area contributed by atoms with Gasteiger partial charge in [-0.1, -0.05) is 76.1 Å². The molecule has 0 heterocycles. The average molecular weight is 723 g/mol. The van der Waals surface area contributed by atoms with Gasteiger partial charge in [0.25, 0.3) is 10.0 Å². The molecule has 0 aliphatic heterocycles. The summed E-state index contributed by atoms with van der Waals surface area (Å²) >= 11 is 3.50. The molecular formula is C36H40BrN3O6S. The SMILES string of the molecule is COc1ccc(OC)c(N(CC(=O)N(Cc2cccc(Br)c2)[C@H](Cc2ccccc2)C(=O)NC(C)C)S(=O)(=O)c2ccc(C)cc2)c1. The number of amides is 2. The van der Waals surface area contributed by atoms with Crippen molar-refractivity contribution in [2.24, 2.45) is 0 Å². The number of nitrogens with zero attached hydrogens (tertiary/aromatic N) is 2. The van der Waals surface area contributed by atoms with E-state index in [0.29, 0.717) is 5.75 Å². The lowest BCUT2D eigenvalue weighted by molar-refractivity contribution is -0.140. The Bertz CT molecular complexity index is 1780. The van der Waals surface area contributed by atoms with Gasteiger partial charge < -0.3 is 19.7 Å². The smallest absolute Gasteiger partial charge is 0.264 e. The van der Waals surface area contributed by atoms with E-state index in [2.05, 4.69) is 21.2 Å². The molecule has 0 aromatic heterocycles. The lowest BCUT2D eigenvalue weighted by Gasteiger charge is -2.34. The second-order valence-electron chi connectivity index (χ2n) is 11.4. The number of carbonyl (C=O) groups is 2. The van der Waals surface area contributed by atoms with E-state index in [1.165, 1.54) is 37.3 Å². The number of carbonyl (C=O) groups excluding carboxylic acids is 2. The van der Waals surface area contributed by atoms with Crippen molar-refractivity contribution in [1.29, 1.82) is 0 Å². The molecule has 0 saturated carbocycles. The normalized spacial score (nSPS) is 11.9. The molecule has 9 nitrogen and oxygen atoms in total. The second kappa shape index (κ2) is 16.0. The predicted octanol–water partition coefficient (Wildman–Crippen LogP) is 6.13. The zero-order valence-corrected chi connectivity index (χ0v) is 29.5. The van der Waals surface area contributed by atoms with E-state index in [-0.39, 0.29) is 41.2 Å². The quantitative estimate of drug-likeness (QED) is 0.168. The number of rotatable bonds is 14. The van der Waals surface area contributed by atoms with Gasteiger partial charge in [0.2, 0.25) is 11.8 Å². The van der Waals surface area contributed by atoms with E-state index in [4.69, 9.17) is 9.47 Å². The highest BCUT2D eigenvalue weighted by Gasteiger charge is 2.36. The van der Waals surface area contributed by atoms with Crippen LogP contribution < -0.4 is 19.1 Å². The molecule has 1 atom stereocenters. The van der Waals surface area contributed by atoms with E-state index >= 15 is 0 Å². The lowest BCUT2D eigenvalue weighted by Crippen LogP contribution is -2.54. The molecule has 0 saturated heterocycles. The molecule has 2 amide bonds. The Morgan fingerprint density at radius 3 is 2.15 bits per heavy atom. The summed E-state index contributed by atoms with van der Waals surface area (Å²) in [6.07, 6.45) is 0.215. The van der Waals surface area contributed by atoms with Gasteiger partial charge >= 0.3 is 0 Å². The van der Waals surface area contributed by atoms with Gasteiger partial charge in [0.1, 0.15) is 24.1 Å². The molecular weight excluding hydrogens is 682 g/mol. The van der Waals surface area contributed by atoms with Crippen molar-refractivity contribution in [3.05, 3.63) is 118 Å². The first-order chi connectivity index (χ1) is 22.4. The molecule has 0 bridgehead atoms. The third-order valence-corrected chi connectivity index (χ3v) is 9.75. The van der Waals surface area contributed by atoms with Gasteiger partial charge in [-0.2, -0.15) is 0 Å². The van der Waals surface area contributed by atoms with Crippen molar-refractivity contribution >= 4 is 43.5 Å². The first-order valence-corrected chi connectivity index (χ1v) is 17.4. The molecule has 0 spiro atoms. The fourth-order valence-electron chi connectivity index (χ4n) is 5.11. The van der Waals surface area contributed by atoms with Crippen LogP contribution in [0.2, 0.25) is 0 Å². The Labute approximate surface area is 285 Å². The zero-order chi connectivity index (χ0) is 34.1. The van der Waals surface area contributed by atoms with E-state index in [9.17, 15) is 18.0 Å². The lowest BCUT2D eigenvalue weighted by atomic mass is 10.0. The summed E-state index contributed by atoms with van der Waals surface area (Å²) < 4.78 is 41.6. The maximum absolute atomic E-state index is 14.7. The maximum atomic E-state index is 14.7. The predicted molar refractivity (Wildman–Crippen MR) is 187 cm³/mol. The molecule has 0 aliphatic carbocycles.